The Hall–Kier alpha value is -3.68. The molecule has 0 radical (unpaired) electrons. The first kappa shape index (κ1) is 16.5. The Labute approximate surface area is 158 Å². The van der Waals surface area contributed by atoms with E-state index in [-0.39, 0.29) is 5.95 Å². The van der Waals surface area contributed by atoms with Gasteiger partial charge < -0.3 is 10.6 Å². The number of hydrogen-bond donors (Lipinski definition) is 1. The molecule has 0 bridgehead atoms. The molecule has 6 nitrogen and oxygen atoms in total. The minimum atomic E-state index is -0.872. The number of hydrogen-bond acceptors (Lipinski definition) is 6. The number of nitrogen functional groups attached to an aromatic ring is 1. The molecule has 0 spiro atoms. The van der Waals surface area contributed by atoms with E-state index in [1.54, 1.807) is 12.4 Å². The summed E-state index contributed by atoms with van der Waals surface area (Å²) in [5.74, 6) is -0.855. The minimum absolute atomic E-state index is 0.205. The van der Waals surface area contributed by atoms with Crippen molar-refractivity contribution in [1.82, 2.24) is 19.9 Å². The first-order valence-electron chi connectivity index (χ1n) is 8.68. The molecule has 138 valence electrons. The molecule has 2 aromatic heterocycles. The van der Waals surface area contributed by atoms with Crippen LogP contribution in [-0.4, -0.2) is 26.5 Å². The van der Waals surface area contributed by atoms with E-state index < -0.39 is 11.6 Å². The van der Waals surface area contributed by atoms with Crippen LogP contribution in [0.5, 0.6) is 0 Å². The van der Waals surface area contributed by atoms with Gasteiger partial charge in [0.2, 0.25) is 5.95 Å². The molecule has 3 heterocycles. The SMILES string of the molecule is Nc1ncc(-c2ccc3ncnc(N4CCc5cc(F)c(F)cc54)c3c2)cn1. The standard InChI is InChI=1S/C20H14F2N6/c21-15-6-12-3-4-28(18(12)7-16(15)22)19-14-5-11(1-2-17(14)26-10-27-19)13-8-24-20(23)25-9-13/h1-2,5-10H,3-4H2,(H2,23,24,25). The second-order valence-electron chi connectivity index (χ2n) is 6.56. The number of rotatable bonds is 2. The molecule has 1 aliphatic heterocycles. The molecule has 1 aliphatic rings. The van der Waals surface area contributed by atoms with Crippen molar-refractivity contribution in [3.63, 3.8) is 0 Å². The van der Waals surface area contributed by atoms with Crippen LogP contribution in [0, 0.1) is 11.6 Å². The zero-order valence-electron chi connectivity index (χ0n) is 14.6. The predicted octanol–water partition coefficient (Wildman–Crippen LogP) is 3.64. The predicted molar refractivity (Wildman–Crippen MR) is 102 cm³/mol. The van der Waals surface area contributed by atoms with E-state index in [1.165, 1.54) is 18.5 Å². The Morgan fingerprint density at radius 1 is 0.893 bits per heavy atom. The van der Waals surface area contributed by atoms with E-state index >= 15 is 0 Å². The van der Waals surface area contributed by atoms with E-state index in [0.717, 1.165) is 27.6 Å². The summed E-state index contributed by atoms with van der Waals surface area (Å²) in [5.41, 5.74) is 9.39. The fourth-order valence-corrected chi connectivity index (χ4v) is 3.53. The molecule has 0 atom stereocenters. The van der Waals surface area contributed by atoms with Crippen LogP contribution in [0.2, 0.25) is 0 Å². The lowest BCUT2D eigenvalue weighted by Gasteiger charge is -2.20. The van der Waals surface area contributed by atoms with Gasteiger partial charge in [-0.1, -0.05) is 6.07 Å². The average Bonchev–Trinajstić information content (AvgIpc) is 3.10. The number of aromatic nitrogens is 4. The Morgan fingerprint density at radius 3 is 2.50 bits per heavy atom. The van der Waals surface area contributed by atoms with Gasteiger partial charge in [-0.3, -0.25) is 0 Å². The summed E-state index contributed by atoms with van der Waals surface area (Å²) in [4.78, 5) is 18.7. The van der Waals surface area contributed by atoms with E-state index in [1.807, 2.05) is 23.1 Å². The zero-order valence-corrected chi connectivity index (χ0v) is 14.6. The van der Waals surface area contributed by atoms with Crippen molar-refractivity contribution in [2.75, 3.05) is 17.2 Å². The number of fused-ring (bicyclic) bond motifs is 2. The molecule has 0 fully saturated rings. The molecule has 0 saturated carbocycles. The van der Waals surface area contributed by atoms with Crippen LogP contribution >= 0.6 is 0 Å². The van der Waals surface area contributed by atoms with Crippen molar-refractivity contribution in [2.24, 2.45) is 0 Å². The average molecular weight is 376 g/mol. The number of halogens is 2. The maximum Gasteiger partial charge on any atom is 0.219 e. The first-order valence-corrected chi connectivity index (χ1v) is 8.68. The minimum Gasteiger partial charge on any atom is -0.368 e. The Balaban J connectivity index is 1.66. The number of benzene rings is 2. The van der Waals surface area contributed by atoms with Crippen LogP contribution in [0.3, 0.4) is 0 Å². The van der Waals surface area contributed by atoms with Crippen LogP contribution in [0.25, 0.3) is 22.0 Å². The van der Waals surface area contributed by atoms with Gasteiger partial charge in [0.25, 0.3) is 0 Å². The third-order valence-corrected chi connectivity index (χ3v) is 4.89. The molecular formula is C20H14F2N6. The molecule has 2 N–H and O–H groups in total. The van der Waals surface area contributed by atoms with E-state index in [9.17, 15) is 8.78 Å². The van der Waals surface area contributed by atoms with Crippen molar-refractivity contribution in [2.45, 2.75) is 6.42 Å². The fraction of sp³-hybridized carbons (Fsp3) is 0.100. The van der Waals surface area contributed by atoms with Crippen LogP contribution < -0.4 is 10.6 Å². The normalized spacial score (nSPS) is 13.1. The van der Waals surface area contributed by atoms with Crippen molar-refractivity contribution in [1.29, 1.82) is 0 Å². The maximum absolute atomic E-state index is 13.8. The number of nitrogens with two attached hydrogens (primary N) is 1. The summed E-state index contributed by atoms with van der Waals surface area (Å²) in [6, 6.07) is 8.22. The highest BCUT2D eigenvalue weighted by Gasteiger charge is 2.25. The molecule has 2 aromatic carbocycles. The molecule has 0 unspecified atom stereocenters. The van der Waals surface area contributed by atoms with Gasteiger partial charge in [-0.2, -0.15) is 0 Å². The Bertz CT molecular complexity index is 1210. The van der Waals surface area contributed by atoms with E-state index in [4.69, 9.17) is 5.73 Å². The molecule has 0 saturated heterocycles. The summed E-state index contributed by atoms with van der Waals surface area (Å²) < 4.78 is 27.4. The molecule has 5 rings (SSSR count). The summed E-state index contributed by atoms with van der Waals surface area (Å²) in [6.45, 7) is 0.583. The van der Waals surface area contributed by atoms with Crippen LogP contribution in [-0.2, 0) is 6.42 Å². The van der Waals surface area contributed by atoms with Gasteiger partial charge in [-0.25, -0.2) is 28.7 Å². The first-order chi connectivity index (χ1) is 13.6. The van der Waals surface area contributed by atoms with Gasteiger partial charge in [0.15, 0.2) is 11.6 Å². The summed E-state index contributed by atoms with van der Waals surface area (Å²) >= 11 is 0. The van der Waals surface area contributed by atoms with Crippen molar-refractivity contribution in [3.05, 3.63) is 66.3 Å². The molecule has 28 heavy (non-hydrogen) atoms. The Morgan fingerprint density at radius 2 is 1.68 bits per heavy atom. The second kappa shape index (κ2) is 6.19. The highest BCUT2D eigenvalue weighted by molar-refractivity contribution is 5.95. The van der Waals surface area contributed by atoms with Crippen LogP contribution in [0.1, 0.15) is 5.56 Å². The maximum atomic E-state index is 13.8. The highest BCUT2D eigenvalue weighted by atomic mass is 19.2. The summed E-state index contributed by atoms with van der Waals surface area (Å²) in [7, 11) is 0. The van der Waals surface area contributed by atoms with Gasteiger partial charge in [-0.15, -0.1) is 0 Å². The van der Waals surface area contributed by atoms with Gasteiger partial charge in [0.05, 0.1) is 5.52 Å². The summed E-state index contributed by atoms with van der Waals surface area (Å²) in [5, 5.41) is 0.800. The van der Waals surface area contributed by atoms with Crippen LogP contribution in [0.15, 0.2) is 49.1 Å². The quantitative estimate of drug-likeness (QED) is 0.575. The third-order valence-electron chi connectivity index (χ3n) is 4.89. The lowest BCUT2D eigenvalue weighted by atomic mass is 10.1. The second-order valence-corrected chi connectivity index (χ2v) is 6.56. The molecular weight excluding hydrogens is 362 g/mol. The van der Waals surface area contributed by atoms with Crippen molar-refractivity contribution < 1.29 is 8.78 Å². The number of nitrogens with zero attached hydrogens (tertiary/aromatic N) is 5. The van der Waals surface area contributed by atoms with E-state index in [0.29, 0.717) is 24.5 Å². The third kappa shape index (κ3) is 2.61. The molecule has 0 amide bonds. The van der Waals surface area contributed by atoms with Crippen LogP contribution in [0.4, 0.5) is 26.2 Å². The van der Waals surface area contributed by atoms with Gasteiger partial charge in [0, 0.05) is 41.6 Å². The van der Waals surface area contributed by atoms with Gasteiger partial charge >= 0.3 is 0 Å². The topological polar surface area (TPSA) is 80.8 Å². The summed E-state index contributed by atoms with van der Waals surface area (Å²) in [6.07, 6.45) is 5.39. The lowest BCUT2D eigenvalue weighted by molar-refractivity contribution is 0.508. The van der Waals surface area contributed by atoms with Gasteiger partial charge in [0.1, 0.15) is 12.1 Å². The number of anilines is 3. The monoisotopic (exact) mass is 376 g/mol. The largest absolute Gasteiger partial charge is 0.368 e. The zero-order chi connectivity index (χ0) is 19.3. The van der Waals surface area contributed by atoms with E-state index in [2.05, 4.69) is 19.9 Å². The Kier molecular flexibility index (Phi) is 3.65. The highest BCUT2D eigenvalue weighted by Crippen LogP contribution is 2.38. The lowest BCUT2D eigenvalue weighted by Crippen LogP contribution is -2.15. The molecule has 4 aromatic rings. The fourth-order valence-electron chi connectivity index (χ4n) is 3.53. The smallest absolute Gasteiger partial charge is 0.219 e. The van der Waals surface area contributed by atoms with Crippen molar-refractivity contribution in [3.8, 4) is 11.1 Å². The van der Waals surface area contributed by atoms with Gasteiger partial charge in [-0.05, 0) is 35.7 Å². The molecule has 0 aliphatic carbocycles. The molecule has 8 heteroatoms. The van der Waals surface area contributed by atoms with Crippen molar-refractivity contribution >= 4 is 28.4 Å².